The third-order valence-electron chi connectivity index (χ3n) is 5.29. The number of carbonyl (C=O) groups excluding carboxylic acids is 1. The SMILES string of the molecule is CCOc1ccc(-c2nnc(NC(=O)C3CCCN(S(=O)(=O)c4cccs4)C3)o2)cc1OCC. The number of piperidine rings is 1. The first-order valence-corrected chi connectivity index (χ1v) is 13.3. The number of nitrogens with one attached hydrogen (secondary N) is 1. The zero-order valence-electron chi connectivity index (χ0n) is 18.9. The van der Waals surface area contributed by atoms with Gasteiger partial charge in [-0.25, -0.2) is 8.42 Å². The van der Waals surface area contributed by atoms with Gasteiger partial charge in [0.1, 0.15) is 4.21 Å². The number of hydrogen-bond donors (Lipinski definition) is 1. The third-order valence-corrected chi connectivity index (χ3v) is 8.53. The van der Waals surface area contributed by atoms with Crippen LogP contribution in [-0.2, 0) is 14.8 Å². The molecule has 0 radical (unpaired) electrons. The molecule has 3 aromatic rings. The summed E-state index contributed by atoms with van der Waals surface area (Å²) in [6.07, 6.45) is 1.16. The zero-order chi connectivity index (χ0) is 24.1. The van der Waals surface area contributed by atoms with Crippen LogP contribution in [0.15, 0.2) is 44.3 Å². The minimum absolute atomic E-state index is 0.0508. The molecular formula is C22H26N4O6S2. The molecule has 0 spiro atoms. The summed E-state index contributed by atoms with van der Waals surface area (Å²) in [7, 11) is -3.61. The van der Waals surface area contributed by atoms with Crippen LogP contribution in [0, 0.1) is 5.92 Å². The molecule has 2 aromatic heterocycles. The van der Waals surface area contributed by atoms with E-state index in [-0.39, 0.29) is 28.6 Å². The summed E-state index contributed by atoms with van der Waals surface area (Å²) in [4.78, 5) is 12.8. The Bertz CT molecular complexity index is 1230. The van der Waals surface area contributed by atoms with E-state index in [4.69, 9.17) is 13.9 Å². The average Bonchev–Trinajstić information content (AvgIpc) is 3.54. The Balaban J connectivity index is 1.44. The number of hydrogen-bond acceptors (Lipinski definition) is 9. The first kappa shape index (κ1) is 24.2. The van der Waals surface area contributed by atoms with Gasteiger partial charge < -0.3 is 13.9 Å². The highest BCUT2D eigenvalue weighted by atomic mass is 32.2. The van der Waals surface area contributed by atoms with Crippen LogP contribution in [0.4, 0.5) is 6.01 Å². The standard InChI is InChI=1S/C22H26N4O6S2/c1-3-30-17-10-9-15(13-18(17)31-4-2)21-24-25-22(32-21)23-20(27)16-7-5-11-26(14-16)34(28,29)19-8-6-12-33-19/h6,8-10,12-13,16H,3-5,7,11,14H2,1-2H3,(H,23,25,27). The van der Waals surface area contributed by atoms with Crippen molar-refractivity contribution in [2.45, 2.75) is 30.9 Å². The van der Waals surface area contributed by atoms with E-state index in [1.165, 1.54) is 4.31 Å². The highest BCUT2D eigenvalue weighted by Crippen LogP contribution is 2.33. The normalized spacial score (nSPS) is 16.8. The zero-order valence-corrected chi connectivity index (χ0v) is 20.5. The number of sulfonamides is 1. The smallest absolute Gasteiger partial charge is 0.322 e. The molecule has 182 valence electrons. The van der Waals surface area contributed by atoms with Gasteiger partial charge >= 0.3 is 6.01 Å². The Morgan fingerprint density at radius 3 is 2.74 bits per heavy atom. The summed E-state index contributed by atoms with van der Waals surface area (Å²) in [6.45, 7) is 5.22. The van der Waals surface area contributed by atoms with Crippen molar-refractivity contribution in [3.05, 3.63) is 35.7 Å². The summed E-state index contributed by atoms with van der Waals surface area (Å²) in [6, 6.07) is 8.48. The molecule has 0 bridgehead atoms. The number of carbonyl (C=O) groups is 1. The largest absolute Gasteiger partial charge is 0.490 e. The summed E-state index contributed by atoms with van der Waals surface area (Å²) in [5, 5.41) is 12.3. The minimum Gasteiger partial charge on any atom is -0.490 e. The van der Waals surface area contributed by atoms with Crippen LogP contribution in [0.2, 0.25) is 0 Å². The number of rotatable bonds is 9. The third kappa shape index (κ3) is 5.24. The fourth-order valence-corrected chi connectivity index (χ4v) is 6.36. The summed E-state index contributed by atoms with van der Waals surface area (Å²) in [5.41, 5.74) is 0.616. The molecule has 0 aliphatic carbocycles. The molecule has 1 aromatic carbocycles. The Hall–Kier alpha value is -2.96. The van der Waals surface area contributed by atoms with Gasteiger partial charge in [0.25, 0.3) is 10.0 Å². The van der Waals surface area contributed by atoms with Gasteiger partial charge in [-0.1, -0.05) is 11.2 Å². The van der Waals surface area contributed by atoms with Crippen molar-refractivity contribution in [3.63, 3.8) is 0 Å². The van der Waals surface area contributed by atoms with Crippen molar-refractivity contribution in [1.29, 1.82) is 0 Å². The maximum atomic E-state index is 12.8. The molecule has 1 N–H and O–H groups in total. The molecule has 1 aliphatic rings. The lowest BCUT2D eigenvalue weighted by Gasteiger charge is -2.30. The molecule has 1 amide bonds. The average molecular weight is 507 g/mol. The first-order chi connectivity index (χ1) is 16.4. The lowest BCUT2D eigenvalue weighted by molar-refractivity contribution is -0.121. The first-order valence-electron chi connectivity index (χ1n) is 11.0. The minimum atomic E-state index is -3.61. The van der Waals surface area contributed by atoms with Gasteiger partial charge in [0, 0.05) is 18.7 Å². The predicted molar refractivity (Wildman–Crippen MR) is 127 cm³/mol. The second-order valence-corrected chi connectivity index (χ2v) is 10.7. The molecule has 1 saturated heterocycles. The van der Waals surface area contributed by atoms with E-state index in [0.29, 0.717) is 49.7 Å². The van der Waals surface area contributed by atoms with Gasteiger partial charge in [-0.3, -0.25) is 10.1 Å². The van der Waals surface area contributed by atoms with Crippen molar-refractivity contribution < 1.29 is 27.1 Å². The van der Waals surface area contributed by atoms with E-state index in [9.17, 15) is 13.2 Å². The quantitative estimate of drug-likeness (QED) is 0.467. The van der Waals surface area contributed by atoms with Crippen molar-refractivity contribution in [2.75, 3.05) is 31.6 Å². The van der Waals surface area contributed by atoms with Gasteiger partial charge in [0.2, 0.25) is 11.8 Å². The fourth-order valence-electron chi connectivity index (χ4n) is 3.69. The van der Waals surface area contributed by atoms with Gasteiger partial charge in [0.15, 0.2) is 11.5 Å². The van der Waals surface area contributed by atoms with E-state index in [1.807, 2.05) is 13.8 Å². The highest BCUT2D eigenvalue weighted by molar-refractivity contribution is 7.91. The molecular weight excluding hydrogens is 480 g/mol. The molecule has 1 atom stereocenters. The second kappa shape index (κ2) is 10.5. The van der Waals surface area contributed by atoms with Crippen LogP contribution in [0.3, 0.4) is 0 Å². The van der Waals surface area contributed by atoms with Crippen molar-refractivity contribution in [2.24, 2.45) is 5.92 Å². The van der Waals surface area contributed by atoms with E-state index >= 15 is 0 Å². The van der Waals surface area contributed by atoms with Crippen molar-refractivity contribution in [1.82, 2.24) is 14.5 Å². The maximum Gasteiger partial charge on any atom is 0.322 e. The topological polar surface area (TPSA) is 124 Å². The van der Waals surface area contributed by atoms with Crippen molar-refractivity contribution in [3.8, 4) is 23.0 Å². The number of amides is 1. The molecule has 10 nitrogen and oxygen atoms in total. The highest BCUT2D eigenvalue weighted by Gasteiger charge is 2.34. The van der Waals surface area contributed by atoms with Gasteiger partial charge in [-0.15, -0.1) is 16.4 Å². The number of aromatic nitrogens is 2. The predicted octanol–water partition coefficient (Wildman–Crippen LogP) is 3.63. The fraction of sp³-hybridized carbons (Fsp3) is 0.409. The Kier molecular flexibility index (Phi) is 7.49. The molecule has 3 heterocycles. The van der Waals surface area contributed by atoms with E-state index in [2.05, 4.69) is 15.5 Å². The Morgan fingerprint density at radius 2 is 2.00 bits per heavy atom. The number of nitrogens with zero attached hydrogens (tertiary/aromatic N) is 3. The molecule has 4 rings (SSSR count). The van der Waals surface area contributed by atoms with Crippen LogP contribution >= 0.6 is 11.3 Å². The van der Waals surface area contributed by atoms with Crippen LogP contribution in [0.1, 0.15) is 26.7 Å². The number of benzene rings is 1. The molecule has 34 heavy (non-hydrogen) atoms. The van der Waals surface area contributed by atoms with E-state index in [0.717, 1.165) is 11.3 Å². The number of thiophene rings is 1. The molecule has 12 heteroatoms. The second-order valence-electron chi connectivity index (χ2n) is 7.56. The molecule has 1 fully saturated rings. The lowest BCUT2D eigenvalue weighted by Crippen LogP contribution is -2.43. The van der Waals surface area contributed by atoms with Crippen molar-refractivity contribution >= 4 is 33.3 Å². The summed E-state index contributed by atoms with van der Waals surface area (Å²) < 4.78 is 44.1. The van der Waals surface area contributed by atoms with Crippen LogP contribution < -0.4 is 14.8 Å². The van der Waals surface area contributed by atoms with Gasteiger partial charge in [-0.05, 0) is 56.3 Å². The Morgan fingerprint density at radius 1 is 1.21 bits per heavy atom. The summed E-state index contributed by atoms with van der Waals surface area (Å²) in [5.74, 6) is 0.502. The maximum absolute atomic E-state index is 12.8. The lowest BCUT2D eigenvalue weighted by atomic mass is 9.99. The van der Waals surface area contributed by atoms with E-state index < -0.39 is 15.9 Å². The van der Waals surface area contributed by atoms with Crippen LogP contribution in [0.25, 0.3) is 11.5 Å². The molecule has 1 aliphatic heterocycles. The monoisotopic (exact) mass is 506 g/mol. The van der Waals surface area contributed by atoms with Gasteiger partial charge in [0.05, 0.1) is 19.1 Å². The Labute approximate surface area is 201 Å². The van der Waals surface area contributed by atoms with Gasteiger partial charge in [-0.2, -0.15) is 4.31 Å². The van der Waals surface area contributed by atoms with Crippen LogP contribution in [0.5, 0.6) is 11.5 Å². The van der Waals surface area contributed by atoms with Crippen LogP contribution in [-0.4, -0.2) is 55.1 Å². The summed E-state index contributed by atoms with van der Waals surface area (Å²) >= 11 is 1.16. The molecule has 1 unspecified atom stereocenters. The number of ether oxygens (including phenoxy) is 2. The number of anilines is 1. The van der Waals surface area contributed by atoms with E-state index in [1.54, 1.807) is 35.7 Å². The molecule has 0 saturated carbocycles.